The Labute approximate surface area is 202 Å². The van der Waals surface area contributed by atoms with E-state index in [1.54, 1.807) is 17.1 Å². The lowest BCUT2D eigenvalue weighted by molar-refractivity contribution is 0.398. The van der Waals surface area contributed by atoms with Gasteiger partial charge in [-0.05, 0) is 43.2 Å². The molecule has 0 spiro atoms. The third-order valence-corrected chi connectivity index (χ3v) is 6.93. The lowest BCUT2D eigenvalue weighted by Crippen LogP contribution is -2.37. The summed E-state index contributed by atoms with van der Waals surface area (Å²) in [6.45, 7) is 11.2. The molecule has 3 unspecified atom stereocenters. The number of anilines is 2. The van der Waals surface area contributed by atoms with Crippen molar-refractivity contribution in [3.63, 3.8) is 0 Å². The minimum Gasteiger partial charge on any atom is -0.356 e. The van der Waals surface area contributed by atoms with Crippen LogP contribution in [0.25, 0.3) is 0 Å². The molecule has 2 aliphatic rings. The molecule has 9 nitrogen and oxygen atoms in total. The van der Waals surface area contributed by atoms with Crippen molar-refractivity contribution >= 4 is 19.8 Å². The molecule has 3 atom stereocenters. The fraction of sp³-hybridized carbons (Fsp3) is 0.583. The van der Waals surface area contributed by atoms with Crippen molar-refractivity contribution in [2.45, 2.75) is 58.9 Å². The van der Waals surface area contributed by atoms with E-state index in [0.29, 0.717) is 11.8 Å². The largest absolute Gasteiger partial charge is 0.808 e. The van der Waals surface area contributed by atoms with E-state index in [4.69, 9.17) is 20.6 Å². The van der Waals surface area contributed by atoms with Gasteiger partial charge >= 0.3 is 8.25 Å². The Morgan fingerprint density at radius 2 is 1.74 bits per heavy atom. The first-order valence-electron chi connectivity index (χ1n) is 12.1. The number of hydrazine groups is 1. The molecular formula is C24H36N6O3P+. The topological polar surface area (TPSA) is 120 Å². The number of hydrogen-bond donors (Lipinski definition) is 2. The number of nitrogens with zero attached hydrogens (tertiary/aromatic N) is 4. The molecule has 34 heavy (non-hydrogen) atoms. The average molecular weight is 488 g/mol. The highest BCUT2D eigenvalue weighted by Crippen LogP contribution is 2.39. The summed E-state index contributed by atoms with van der Waals surface area (Å²) in [5.74, 6) is 8.74. The summed E-state index contributed by atoms with van der Waals surface area (Å²) in [6.07, 6.45) is 2.81. The van der Waals surface area contributed by atoms with Gasteiger partial charge in [-0.3, -0.25) is 0 Å². The first-order valence-corrected chi connectivity index (χ1v) is 13.2. The predicted molar refractivity (Wildman–Crippen MR) is 134 cm³/mol. The fourth-order valence-corrected chi connectivity index (χ4v) is 5.32. The van der Waals surface area contributed by atoms with Crippen LogP contribution in [0.3, 0.4) is 0 Å². The van der Waals surface area contributed by atoms with E-state index in [0.717, 1.165) is 61.7 Å². The summed E-state index contributed by atoms with van der Waals surface area (Å²) in [5.41, 5.74) is 9.04. The van der Waals surface area contributed by atoms with E-state index in [2.05, 4.69) is 42.6 Å². The molecule has 184 valence electrons. The van der Waals surface area contributed by atoms with Crippen LogP contribution in [0.4, 0.5) is 11.5 Å². The van der Waals surface area contributed by atoms with Crippen molar-refractivity contribution in [3.05, 3.63) is 35.5 Å². The van der Waals surface area contributed by atoms with Crippen molar-refractivity contribution in [1.82, 2.24) is 9.97 Å². The second-order valence-corrected chi connectivity index (χ2v) is 10.9. The highest BCUT2D eigenvalue weighted by molar-refractivity contribution is 7.34. The Bertz CT molecular complexity index is 954. The normalized spacial score (nSPS) is 20.3. The molecule has 2 aromatic rings. The Balaban J connectivity index is 1.49. The molecular weight excluding hydrogens is 451 g/mol. The minimum atomic E-state index is -2.51. The molecule has 2 aromatic heterocycles. The van der Waals surface area contributed by atoms with E-state index in [9.17, 15) is 4.57 Å². The van der Waals surface area contributed by atoms with Crippen LogP contribution in [0.5, 0.6) is 11.8 Å². The Kier molecular flexibility index (Phi) is 7.55. The maximum Gasteiger partial charge on any atom is 0.808 e. The molecule has 4 heterocycles. The number of rotatable bonds is 8. The van der Waals surface area contributed by atoms with Crippen LogP contribution in [0, 0.1) is 11.8 Å². The lowest BCUT2D eigenvalue weighted by atomic mass is 9.88. The van der Waals surface area contributed by atoms with Gasteiger partial charge in [0.2, 0.25) is 0 Å². The van der Waals surface area contributed by atoms with Gasteiger partial charge in [-0.15, -0.1) is 0 Å². The number of nitrogens with two attached hydrogens (primary N) is 2. The maximum absolute atomic E-state index is 12.7. The quantitative estimate of drug-likeness (QED) is 0.404. The van der Waals surface area contributed by atoms with Gasteiger partial charge in [0.15, 0.2) is 0 Å². The average Bonchev–Trinajstić information content (AvgIpc) is 2.77. The van der Waals surface area contributed by atoms with E-state index in [1.807, 2.05) is 12.1 Å². The third kappa shape index (κ3) is 5.59. The van der Waals surface area contributed by atoms with Gasteiger partial charge in [-0.1, -0.05) is 27.7 Å². The highest BCUT2D eigenvalue weighted by atomic mass is 31.1. The van der Waals surface area contributed by atoms with Gasteiger partial charge in [-0.2, -0.15) is 4.98 Å². The van der Waals surface area contributed by atoms with Gasteiger partial charge in [0.05, 0.1) is 11.4 Å². The zero-order chi connectivity index (χ0) is 24.4. The van der Waals surface area contributed by atoms with Gasteiger partial charge in [0.25, 0.3) is 11.8 Å². The van der Waals surface area contributed by atoms with E-state index in [-0.39, 0.29) is 23.7 Å². The predicted octanol–water partition coefficient (Wildman–Crippen LogP) is 4.67. The number of fused-ring (bicyclic) bond motifs is 2. The van der Waals surface area contributed by atoms with Gasteiger partial charge < -0.3 is 15.6 Å². The van der Waals surface area contributed by atoms with Crippen LogP contribution in [0.15, 0.2) is 24.3 Å². The second-order valence-electron chi connectivity index (χ2n) is 10.1. The first kappa shape index (κ1) is 24.6. The molecule has 2 aliphatic heterocycles. The second kappa shape index (κ2) is 10.4. The molecule has 0 aromatic carbocycles. The zero-order valence-corrected chi connectivity index (χ0v) is 21.4. The summed E-state index contributed by atoms with van der Waals surface area (Å²) in [4.78, 5) is 11.5. The summed E-state index contributed by atoms with van der Waals surface area (Å²) < 4.78 is 23.8. The van der Waals surface area contributed by atoms with Crippen molar-refractivity contribution in [1.29, 1.82) is 0 Å². The van der Waals surface area contributed by atoms with E-state index < -0.39 is 8.25 Å². The molecule has 10 heteroatoms. The summed E-state index contributed by atoms with van der Waals surface area (Å²) in [6, 6.07) is 7.08. The Morgan fingerprint density at radius 3 is 2.44 bits per heavy atom. The van der Waals surface area contributed by atoms with Crippen LogP contribution in [0.1, 0.15) is 70.2 Å². The van der Waals surface area contributed by atoms with Gasteiger partial charge in [-0.25, -0.2) is 19.9 Å². The minimum absolute atomic E-state index is 0.0643. The van der Waals surface area contributed by atoms with Crippen LogP contribution in [0.2, 0.25) is 0 Å². The van der Waals surface area contributed by atoms with Gasteiger partial charge in [0, 0.05) is 53.9 Å². The molecule has 0 saturated heterocycles. The molecule has 4 N–H and O–H groups in total. The smallest absolute Gasteiger partial charge is 0.356 e. The SMILES string of the molecule is CC(C)CC1CCN(N)c2ccc(O[P+](=O)Oc3ccc4c(n3)N(CC(C)C)CCC4N)nc21. The van der Waals surface area contributed by atoms with Gasteiger partial charge in [0.1, 0.15) is 5.82 Å². The van der Waals surface area contributed by atoms with Crippen LogP contribution >= 0.6 is 8.25 Å². The maximum atomic E-state index is 12.7. The van der Waals surface area contributed by atoms with Crippen LogP contribution in [-0.4, -0.2) is 29.6 Å². The standard InChI is InChI=1S/C24H36N6O3P/c1-15(2)13-17-9-12-30(26)20-6-8-21(27-23(17)20)32-34(31)33-22-7-5-18-19(25)10-11-29(14-16(3)4)24(18)28-22/h5-8,15-17,19H,9-14,25-26H2,1-4H3/q+1. The van der Waals surface area contributed by atoms with Crippen molar-refractivity contribution in [3.8, 4) is 11.8 Å². The van der Waals surface area contributed by atoms with Crippen molar-refractivity contribution in [2.75, 3.05) is 29.5 Å². The zero-order valence-electron chi connectivity index (χ0n) is 20.5. The third-order valence-electron chi connectivity index (χ3n) is 6.26. The highest BCUT2D eigenvalue weighted by Gasteiger charge is 2.32. The number of aromatic nitrogens is 2. The number of pyridine rings is 2. The molecule has 0 aliphatic carbocycles. The van der Waals surface area contributed by atoms with Crippen LogP contribution in [-0.2, 0) is 4.57 Å². The molecule has 0 radical (unpaired) electrons. The Morgan fingerprint density at radius 1 is 1.03 bits per heavy atom. The summed E-state index contributed by atoms with van der Waals surface area (Å²) in [5, 5.41) is 1.71. The summed E-state index contributed by atoms with van der Waals surface area (Å²) in [7, 11) is -2.51. The molecule has 0 bridgehead atoms. The molecule has 0 saturated carbocycles. The van der Waals surface area contributed by atoms with Crippen molar-refractivity contribution in [2.24, 2.45) is 23.4 Å². The van der Waals surface area contributed by atoms with Crippen molar-refractivity contribution < 1.29 is 13.6 Å². The van der Waals surface area contributed by atoms with Crippen LogP contribution < -0.4 is 30.5 Å². The van der Waals surface area contributed by atoms with E-state index in [1.165, 1.54) is 0 Å². The van der Waals surface area contributed by atoms with E-state index >= 15 is 0 Å². The fourth-order valence-electron chi connectivity index (χ4n) is 4.78. The lowest BCUT2D eigenvalue weighted by Gasteiger charge is -2.34. The Hall–Kier alpha value is -2.48. The monoisotopic (exact) mass is 487 g/mol. The first-order chi connectivity index (χ1) is 16.2. The number of hydrogen-bond acceptors (Lipinski definition) is 9. The molecule has 4 rings (SSSR count). The molecule has 0 amide bonds. The summed E-state index contributed by atoms with van der Waals surface area (Å²) >= 11 is 0. The molecule has 0 fully saturated rings.